The molecule has 0 aromatic heterocycles. The summed E-state index contributed by atoms with van der Waals surface area (Å²) < 4.78 is 0. The summed E-state index contributed by atoms with van der Waals surface area (Å²) in [6.45, 7) is 3.94. The van der Waals surface area contributed by atoms with Gasteiger partial charge in [-0.3, -0.25) is 9.59 Å². The van der Waals surface area contributed by atoms with E-state index in [2.05, 4.69) is 0 Å². The molecule has 1 N–H and O–H groups in total. The lowest BCUT2D eigenvalue weighted by Gasteiger charge is -2.67. The summed E-state index contributed by atoms with van der Waals surface area (Å²) in [5.74, 6) is -0.606. The average molecular weight is 211 g/mol. The highest BCUT2D eigenvalue weighted by Gasteiger charge is 2.75. The van der Waals surface area contributed by atoms with Gasteiger partial charge in [0.25, 0.3) is 0 Å². The van der Waals surface area contributed by atoms with Gasteiger partial charge in [0.05, 0.1) is 10.8 Å². The van der Waals surface area contributed by atoms with E-state index in [1.165, 1.54) is 0 Å². The summed E-state index contributed by atoms with van der Waals surface area (Å²) in [6.07, 6.45) is 1.64. The van der Waals surface area contributed by atoms with Crippen molar-refractivity contribution in [1.82, 2.24) is 4.90 Å². The van der Waals surface area contributed by atoms with Crippen molar-refractivity contribution in [3.63, 3.8) is 0 Å². The van der Waals surface area contributed by atoms with Crippen LogP contribution in [0.4, 0.5) is 0 Å². The Kier molecular flexibility index (Phi) is 1.91. The van der Waals surface area contributed by atoms with Crippen molar-refractivity contribution < 1.29 is 14.7 Å². The summed E-state index contributed by atoms with van der Waals surface area (Å²) >= 11 is 0. The minimum absolute atomic E-state index is 0.126. The van der Waals surface area contributed by atoms with Gasteiger partial charge < -0.3 is 10.0 Å². The number of aliphatic carboxylic acids is 1. The molecule has 1 amide bonds. The summed E-state index contributed by atoms with van der Waals surface area (Å²) in [4.78, 5) is 24.6. The average Bonchev–Trinajstić information content (AvgIpc) is 1.96. The molecule has 3 saturated carbocycles. The van der Waals surface area contributed by atoms with Crippen molar-refractivity contribution in [2.45, 2.75) is 39.2 Å². The SMILES string of the molecule is CC(C)N(C)C(=O)C12CC(C(=O)O)(C1)C2. The van der Waals surface area contributed by atoms with Crippen molar-refractivity contribution in [1.29, 1.82) is 0 Å². The number of carboxylic acid groups (broad SMARTS) is 1. The largest absolute Gasteiger partial charge is 0.481 e. The van der Waals surface area contributed by atoms with Gasteiger partial charge in [-0.05, 0) is 33.1 Å². The van der Waals surface area contributed by atoms with E-state index in [0.29, 0.717) is 19.3 Å². The maximum Gasteiger partial charge on any atom is 0.309 e. The molecule has 3 aliphatic rings. The fourth-order valence-electron chi connectivity index (χ4n) is 2.85. The van der Waals surface area contributed by atoms with Crippen molar-refractivity contribution in [2.75, 3.05) is 7.05 Å². The molecule has 4 heteroatoms. The fraction of sp³-hybridized carbons (Fsp3) is 0.818. The zero-order valence-corrected chi connectivity index (χ0v) is 9.41. The molecule has 3 aliphatic carbocycles. The number of amides is 1. The zero-order chi connectivity index (χ0) is 11.4. The highest BCUT2D eigenvalue weighted by Crippen LogP contribution is 2.73. The molecule has 0 radical (unpaired) electrons. The van der Waals surface area contributed by atoms with Crippen molar-refractivity contribution >= 4 is 11.9 Å². The quantitative estimate of drug-likeness (QED) is 0.760. The first-order valence-corrected chi connectivity index (χ1v) is 5.34. The van der Waals surface area contributed by atoms with Gasteiger partial charge in [-0.15, -0.1) is 0 Å². The molecule has 0 unspecified atom stereocenters. The Hall–Kier alpha value is -1.06. The van der Waals surface area contributed by atoms with E-state index in [1.54, 1.807) is 11.9 Å². The molecular weight excluding hydrogens is 194 g/mol. The predicted octanol–water partition coefficient (Wildman–Crippen LogP) is 1.11. The van der Waals surface area contributed by atoms with Crippen LogP contribution in [0.15, 0.2) is 0 Å². The van der Waals surface area contributed by atoms with Gasteiger partial charge in [0.1, 0.15) is 0 Å². The maximum atomic E-state index is 12.0. The highest BCUT2D eigenvalue weighted by atomic mass is 16.4. The summed E-state index contributed by atoms with van der Waals surface area (Å²) in [5.41, 5.74) is -0.870. The number of hydrogen-bond acceptors (Lipinski definition) is 2. The topological polar surface area (TPSA) is 57.6 Å². The minimum Gasteiger partial charge on any atom is -0.481 e. The molecule has 2 bridgehead atoms. The third-order valence-electron chi connectivity index (χ3n) is 4.03. The number of rotatable bonds is 3. The lowest BCUT2D eigenvalue weighted by molar-refractivity contribution is -0.226. The Balaban J connectivity index is 2.01. The van der Waals surface area contributed by atoms with E-state index in [1.807, 2.05) is 13.8 Å². The molecule has 3 rings (SSSR count). The standard InChI is InChI=1S/C11H17NO3/c1-7(2)12(3)8(13)10-4-11(5-10,6-10)9(14)15/h7H,4-6H2,1-3H3,(H,14,15). The first kappa shape index (κ1) is 10.5. The maximum absolute atomic E-state index is 12.0. The van der Waals surface area contributed by atoms with Gasteiger partial charge in [0, 0.05) is 13.1 Å². The monoisotopic (exact) mass is 211 g/mol. The summed E-state index contributed by atoms with van der Waals surface area (Å²) in [5, 5.41) is 8.95. The Morgan fingerprint density at radius 2 is 1.67 bits per heavy atom. The van der Waals surface area contributed by atoms with E-state index in [9.17, 15) is 9.59 Å². The molecule has 0 aliphatic heterocycles. The van der Waals surface area contributed by atoms with Gasteiger partial charge in [0.2, 0.25) is 5.91 Å². The fourth-order valence-corrected chi connectivity index (χ4v) is 2.85. The van der Waals surface area contributed by atoms with Gasteiger partial charge in [-0.1, -0.05) is 0 Å². The van der Waals surface area contributed by atoms with Crippen molar-refractivity contribution in [3.8, 4) is 0 Å². The molecule has 0 heterocycles. The van der Waals surface area contributed by atoms with Crippen LogP contribution in [0.25, 0.3) is 0 Å². The normalized spacial score (nSPS) is 36.8. The number of hydrogen-bond donors (Lipinski definition) is 1. The highest BCUT2D eigenvalue weighted by molar-refractivity contribution is 5.93. The molecule has 0 aromatic rings. The third kappa shape index (κ3) is 1.13. The predicted molar refractivity (Wildman–Crippen MR) is 54.3 cm³/mol. The molecule has 0 aromatic carbocycles. The van der Waals surface area contributed by atoms with Crippen LogP contribution in [0.3, 0.4) is 0 Å². The molecular formula is C11H17NO3. The summed E-state index contributed by atoms with van der Waals surface area (Å²) in [6, 6.07) is 0.187. The lowest BCUT2D eigenvalue weighted by Crippen LogP contribution is -2.70. The second kappa shape index (κ2) is 2.74. The molecule has 0 spiro atoms. The molecule has 0 atom stereocenters. The van der Waals surface area contributed by atoms with Crippen molar-refractivity contribution in [3.05, 3.63) is 0 Å². The molecule has 4 nitrogen and oxygen atoms in total. The first-order valence-electron chi connectivity index (χ1n) is 5.34. The van der Waals surface area contributed by atoms with E-state index >= 15 is 0 Å². The Morgan fingerprint density at radius 1 is 1.20 bits per heavy atom. The number of nitrogens with zero attached hydrogens (tertiary/aromatic N) is 1. The Labute approximate surface area is 89.3 Å². The van der Waals surface area contributed by atoms with Gasteiger partial charge >= 0.3 is 5.97 Å². The minimum atomic E-state index is -0.732. The third-order valence-corrected chi connectivity index (χ3v) is 4.03. The van der Waals surface area contributed by atoms with Crippen LogP contribution in [0.5, 0.6) is 0 Å². The van der Waals surface area contributed by atoms with Crippen LogP contribution in [-0.2, 0) is 9.59 Å². The number of carboxylic acids is 1. The Morgan fingerprint density at radius 3 is 2.00 bits per heavy atom. The second-order valence-corrected chi connectivity index (χ2v) is 5.41. The van der Waals surface area contributed by atoms with E-state index < -0.39 is 11.4 Å². The van der Waals surface area contributed by atoms with Gasteiger partial charge in [-0.25, -0.2) is 0 Å². The van der Waals surface area contributed by atoms with E-state index in [0.717, 1.165) is 0 Å². The van der Waals surface area contributed by atoms with E-state index in [4.69, 9.17) is 5.11 Å². The molecule has 3 fully saturated rings. The first-order chi connectivity index (χ1) is 6.83. The zero-order valence-electron chi connectivity index (χ0n) is 9.41. The van der Waals surface area contributed by atoms with Gasteiger partial charge in [-0.2, -0.15) is 0 Å². The molecule has 15 heavy (non-hydrogen) atoms. The van der Waals surface area contributed by atoms with Crippen LogP contribution in [0, 0.1) is 10.8 Å². The molecule has 0 saturated heterocycles. The lowest BCUT2D eigenvalue weighted by atomic mass is 9.34. The second-order valence-electron chi connectivity index (χ2n) is 5.41. The summed E-state index contributed by atoms with van der Waals surface area (Å²) in [7, 11) is 1.79. The number of carbonyl (C=O) groups is 2. The van der Waals surface area contributed by atoms with E-state index in [-0.39, 0.29) is 17.4 Å². The smallest absolute Gasteiger partial charge is 0.309 e. The van der Waals surface area contributed by atoms with Gasteiger partial charge in [0.15, 0.2) is 0 Å². The van der Waals surface area contributed by atoms with Crippen LogP contribution in [0.1, 0.15) is 33.1 Å². The van der Waals surface area contributed by atoms with Crippen LogP contribution >= 0.6 is 0 Å². The Bertz CT molecular complexity index is 315. The van der Waals surface area contributed by atoms with Crippen molar-refractivity contribution in [2.24, 2.45) is 10.8 Å². The van der Waals surface area contributed by atoms with Crippen LogP contribution in [0.2, 0.25) is 0 Å². The number of carbonyl (C=O) groups excluding carboxylic acids is 1. The molecule has 84 valence electrons. The van der Waals surface area contributed by atoms with Crippen LogP contribution < -0.4 is 0 Å². The van der Waals surface area contributed by atoms with Crippen LogP contribution in [-0.4, -0.2) is 35.0 Å².